The third-order valence-corrected chi connectivity index (χ3v) is 2.88. The molecule has 1 aromatic carbocycles. The second-order valence-corrected chi connectivity index (χ2v) is 4.08. The molecule has 4 heteroatoms. The quantitative estimate of drug-likeness (QED) is 0.801. The van der Waals surface area contributed by atoms with Gasteiger partial charge >= 0.3 is 0 Å². The van der Waals surface area contributed by atoms with Gasteiger partial charge in [0, 0.05) is 20.3 Å². The average molecular weight is 251 g/mol. The number of aliphatic hydroxyl groups is 1. The molecule has 1 rings (SSSR count). The van der Waals surface area contributed by atoms with Gasteiger partial charge in [-0.3, -0.25) is 4.79 Å². The molecule has 1 atom stereocenters. The van der Waals surface area contributed by atoms with E-state index in [4.69, 9.17) is 9.84 Å². The van der Waals surface area contributed by atoms with E-state index in [1.165, 1.54) is 0 Å². The fourth-order valence-corrected chi connectivity index (χ4v) is 1.85. The normalized spacial score (nSPS) is 12.2. The largest absolute Gasteiger partial charge is 0.396 e. The van der Waals surface area contributed by atoms with Crippen LogP contribution in [0, 0.1) is 0 Å². The van der Waals surface area contributed by atoms with Crippen molar-refractivity contribution in [3.8, 4) is 0 Å². The molecular weight excluding hydrogens is 230 g/mol. The maximum Gasteiger partial charge on any atom is 0.248 e. The molecule has 0 aliphatic heterocycles. The molecule has 0 radical (unpaired) electrons. The molecule has 100 valence electrons. The predicted octanol–water partition coefficient (Wildman–Crippen LogP) is 1.61. The average Bonchev–Trinajstić information content (AvgIpc) is 2.42. The van der Waals surface area contributed by atoms with E-state index in [0.717, 1.165) is 5.56 Å². The molecule has 0 fully saturated rings. The first-order valence-corrected chi connectivity index (χ1v) is 6.19. The van der Waals surface area contributed by atoms with Crippen molar-refractivity contribution in [1.29, 1.82) is 0 Å². The monoisotopic (exact) mass is 251 g/mol. The van der Waals surface area contributed by atoms with Gasteiger partial charge in [0.2, 0.25) is 5.91 Å². The molecule has 0 aliphatic rings. The molecular formula is C14H21NO3. The maximum atomic E-state index is 11.9. The number of ether oxygens (including phenoxy) is 1. The Morgan fingerprint density at radius 2 is 2.06 bits per heavy atom. The summed E-state index contributed by atoms with van der Waals surface area (Å²) in [6.45, 7) is 2.51. The summed E-state index contributed by atoms with van der Waals surface area (Å²) in [5.74, 6) is -0.0702. The molecule has 0 bridgehead atoms. The molecule has 0 saturated carbocycles. The lowest BCUT2D eigenvalue weighted by atomic mass is 10.0. The summed E-state index contributed by atoms with van der Waals surface area (Å²) in [4.78, 5) is 13.6. The molecule has 4 nitrogen and oxygen atoms in total. The van der Waals surface area contributed by atoms with Gasteiger partial charge < -0.3 is 14.7 Å². The van der Waals surface area contributed by atoms with Gasteiger partial charge in [-0.2, -0.15) is 0 Å². The standard InChI is InChI=1S/C14H21NO3/c1-3-18-11-14(17)15(2)13(9-10-16)12-7-5-4-6-8-12/h4-8,13,16H,3,9-11H2,1-2H3. The number of hydrogen-bond acceptors (Lipinski definition) is 3. The van der Waals surface area contributed by atoms with E-state index in [9.17, 15) is 4.79 Å². The van der Waals surface area contributed by atoms with Crippen LogP contribution in [-0.4, -0.2) is 42.8 Å². The van der Waals surface area contributed by atoms with Crippen LogP contribution in [0.25, 0.3) is 0 Å². The van der Waals surface area contributed by atoms with Crippen molar-refractivity contribution in [2.24, 2.45) is 0 Å². The Labute approximate surface area is 108 Å². The highest BCUT2D eigenvalue weighted by atomic mass is 16.5. The fraction of sp³-hybridized carbons (Fsp3) is 0.500. The molecule has 0 aromatic heterocycles. The SMILES string of the molecule is CCOCC(=O)N(C)C(CCO)c1ccccc1. The Balaban J connectivity index is 2.75. The number of hydrogen-bond donors (Lipinski definition) is 1. The van der Waals surface area contributed by atoms with Crippen LogP contribution >= 0.6 is 0 Å². The lowest BCUT2D eigenvalue weighted by molar-refractivity contribution is -0.137. The van der Waals surface area contributed by atoms with Crippen molar-refractivity contribution in [3.63, 3.8) is 0 Å². The maximum absolute atomic E-state index is 11.9. The highest BCUT2D eigenvalue weighted by molar-refractivity contribution is 5.77. The first-order valence-electron chi connectivity index (χ1n) is 6.19. The number of benzene rings is 1. The van der Waals surface area contributed by atoms with Crippen molar-refractivity contribution in [1.82, 2.24) is 4.90 Å². The van der Waals surface area contributed by atoms with Crippen LogP contribution in [0.5, 0.6) is 0 Å². The van der Waals surface area contributed by atoms with Gasteiger partial charge in [0.25, 0.3) is 0 Å². The van der Waals surface area contributed by atoms with Gasteiger partial charge in [-0.05, 0) is 18.9 Å². The van der Waals surface area contributed by atoms with Gasteiger partial charge in [-0.25, -0.2) is 0 Å². The third kappa shape index (κ3) is 4.13. The summed E-state index contributed by atoms with van der Waals surface area (Å²) in [5.41, 5.74) is 1.03. The minimum absolute atomic E-state index is 0.0474. The lowest BCUT2D eigenvalue weighted by Crippen LogP contribution is -2.34. The zero-order valence-corrected chi connectivity index (χ0v) is 11.0. The Morgan fingerprint density at radius 1 is 1.39 bits per heavy atom. The highest BCUT2D eigenvalue weighted by Crippen LogP contribution is 2.22. The molecule has 0 heterocycles. The smallest absolute Gasteiger partial charge is 0.248 e. The van der Waals surface area contributed by atoms with E-state index in [1.807, 2.05) is 37.3 Å². The summed E-state index contributed by atoms with van der Waals surface area (Å²) < 4.78 is 5.13. The second kappa shape index (κ2) is 7.84. The first kappa shape index (κ1) is 14.7. The Bertz CT molecular complexity index is 353. The first-order chi connectivity index (χ1) is 8.70. The summed E-state index contributed by atoms with van der Waals surface area (Å²) in [6.07, 6.45) is 0.526. The van der Waals surface area contributed by atoms with Gasteiger partial charge in [-0.15, -0.1) is 0 Å². The molecule has 18 heavy (non-hydrogen) atoms. The van der Waals surface area contributed by atoms with Crippen molar-refractivity contribution >= 4 is 5.91 Å². The second-order valence-electron chi connectivity index (χ2n) is 4.08. The van der Waals surface area contributed by atoms with Crippen LogP contribution in [0.15, 0.2) is 30.3 Å². The Kier molecular flexibility index (Phi) is 6.39. The van der Waals surface area contributed by atoms with Crippen molar-refractivity contribution in [2.75, 3.05) is 26.9 Å². The zero-order valence-electron chi connectivity index (χ0n) is 11.0. The van der Waals surface area contributed by atoms with E-state index in [1.54, 1.807) is 11.9 Å². The molecule has 1 aromatic rings. The van der Waals surface area contributed by atoms with Crippen molar-refractivity contribution < 1.29 is 14.6 Å². The van der Waals surface area contributed by atoms with Crippen LogP contribution in [0.2, 0.25) is 0 Å². The molecule has 1 N–H and O–H groups in total. The minimum Gasteiger partial charge on any atom is -0.396 e. The molecule has 1 unspecified atom stereocenters. The molecule has 0 spiro atoms. The van der Waals surface area contributed by atoms with E-state index in [-0.39, 0.29) is 25.2 Å². The number of amides is 1. The number of nitrogens with zero attached hydrogens (tertiary/aromatic N) is 1. The number of likely N-dealkylation sites (N-methyl/N-ethyl adjacent to an activating group) is 1. The molecule has 0 aliphatic carbocycles. The van der Waals surface area contributed by atoms with Crippen LogP contribution in [0.1, 0.15) is 24.9 Å². The number of rotatable bonds is 7. The summed E-state index contributed by atoms with van der Waals surface area (Å²) in [7, 11) is 1.74. The Morgan fingerprint density at radius 3 is 2.61 bits per heavy atom. The van der Waals surface area contributed by atoms with Gasteiger partial charge in [0.05, 0.1) is 6.04 Å². The van der Waals surface area contributed by atoms with E-state index in [0.29, 0.717) is 13.0 Å². The van der Waals surface area contributed by atoms with E-state index < -0.39 is 0 Å². The van der Waals surface area contributed by atoms with E-state index >= 15 is 0 Å². The lowest BCUT2D eigenvalue weighted by Gasteiger charge is -2.28. The van der Waals surface area contributed by atoms with Crippen LogP contribution < -0.4 is 0 Å². The number of carbonyl (C=O) groups is 1. The fourth-order valence-electron chi connectivity index (χ4n) is 1.85. The van der Waals surface area contributed by atoms with Crippen molar-refractivity contribution in [3.05, 3.63) is 35.9 Å². The topological polar surface area (TPSA) is 49.8 Å². The summed E-state index contributed by atoms with van der Waals surface area (Å²) in [5, 5.41) is 9.14. The minimum atomic E-state index is -0.107. The van der Waals surface area contributed by atoms with Gasteiger partial charge in [0.15, 0.2) is 0 Å². The number of aliphatic hydroxyl groups excluding tert-OH is 1. The highest BCUT2D eigenvalue weighted by Gasteiger charge is 2.20. The van der Waals surface area contributed by atoms with Crippen LogP contribution in [-0.2, 0) is 9.53 Å². The van der Waals surface area contributed by atoms with Crippen molar-refractivity contribution in [2.45, 2.75) is 19.4 Å². The number of carbonyl (C=O) groups excluding carboxylic acids is 1. The molecule has 0 saturated heterocycles. The van der Waals surface area contributed by atoms with Gasteiger partial charge in [-0.1, -0.05) is 30.3 Å². The van der Waals surface area contributed by atoms with E-state index in [2.05, 4.69) is 0 Å². The summed E-state index contributed by atoms with van der Waals surface area (Å²) >= 11 is 0. The predicted molar refractivity (Wildman–Crippen MR) is 70.1 cm³/mol. The van der Waals surface area contributed by atoms with Crippen LogP contribution in [0.4, 0.5) is 0 Å². The zero-order chi connectivity index (χ0) is 13.4. The van der Waals surface area contributed by atoms with Gasteiger partial charge in [0.1, 0.15) is 6.61 Å². The molecule has 1 amide bonds. The van der Waals surface area contributed by atoms with Crippen LogP contribution in [0.3, 0.4) is 0 Å². The Hall–Kier alpha value is -1.39. The summed E-state index contributed by atoms with van der Waals surface area (Å²) in [6, 6.07) is 9.61. The third-order valence-electron chi connectivity index (χ3n) is 2.88.